The van der Waals surface area contributed by atoms with Crippen LogP contribution < -0.4 is 4.74 Å². The van der Waals surface area contributed by atoms with Crippen molar-refractivity contribution in [3.8, 4) is 5.75 Å². The van der Waals surface area contributed by atoms with Gasteiger partial charge in [0.1, 0.15) is 17.2 Å². The number of likely N-dealkylation sites (tertiary alicyclic amines) is 1. The third-order valence-electron chi connectivity index (χ3n) is 7.63. The molecule has 2 aliphatic carbocycles. The van der Waals surface area contributed by atoms with Crippen molar-refractivity contribution in [2.24, 2.45) is 18.9 Å². The van der Waals surface area contributed by atoms with Crippen molar-refractivity contribution in [2.75, 3.05) is 20.2 Å². The summed E-state index contributed by atoms with van der Waals surface area (Å²) in [6.45, 7) is 2.74. The van der Waals surface area contributed by atoms with Crippen LogP contribution in [0.1, 0.15) is 54.6 Å². The number of aliphatic hydroxyl groups is 1. The number of hydrogen-bond acceptors (Lipinski definition) is 4. The maximum atomic E-state index is 11.8. The van der Waals surface area contributed by atoms with E-state index < -0.39 is 5.60 Å². The molecule has 2 fully saturated rings. The van der Waals surface area contributed by atoms with E-state index in [4.69, 9.17) is 4.74 Å². The normalized spacial score (nSPS) is 29.5. The van der Waals surface area contributed by atoms with Crippen LogP contribution >= 0.6 is 0 Å². The largest absolute Gasteiger partial charge is 0.496 e. The second-order valence-electron chi connectivity index (χ2n) is 9.35. The van der Waals surface area contributed by atoms with Crippen molar-refractivity contribution in [3.63, 3.8) is 0 Å². The summed E-state index contributed by atoms with van der Waals surface area (Å²) >= 11 is 0. The maximum Gasteiger partial charge on any atom is 0.141 e. The minimum absolute atomic E-state index is 0.236. The van der Waals surface area contributed by atoms with Crippen LogP contribution in [0.5, 0.6) is 5.75 Å². The van der Waals surface area contributed by atoms with Gasteiger partial charge in [0.25, 0.3) is 0 Å². The molecule has 1 saturated carbocycles. The molecular weight excluding hydrogens is 362 g/mol. The zero-order valence-electron chi connectivity index (χ0n) is 17.7. The van der Waals surface area contributed by atoms with Crippen LogP contribution in [0.3, 0.4) is 0 Å². The Hall–Kier alpha value is -1.85. The number of hydrogen-bond donors (Lipinski definition) is 1. The summed E-state index contributed by atoms with van der Waals surface area (Å²) in [5, 5.41) is 11.8. The van der Waals surface area contributed by atoms with Gasteiger partial charge in [-0.25, -0.2) is 4.98 Å². The summed E-state index contributed by atoms with van der Waals surface area (Å²) in [5.74, 6) is 2.35. The van der Waals surface area contributed by atoms with Crippen LogP contribution in [-0.2, 0) is 32.0 Å². The number of nitrogens with zero attached hydrogens (tertiary/aromatic N) is 3. The highest BCUT2D eigenvalue weighted by molar-refractivity contribution is 5.44. The van der Waals surface area contributed by atoms with Crippen molar-refractivity contribution in [2.45, 2.75) is 57.1 Å². The molecule has 1 aromatic heterocycles. The number of aromatic nitrogens is 2. The van der Waals surface area contributed by atoms with Gasteiger partial charge in [0.2, 0.25) is 0 Å². The van der Waals surface area contributed by atoms with Gasteiger partial charge in [0.05, 0.1) is 7.11 Å². The van der Waals surface area contributed by atoms with Gasteiger partial charge in [-0.15, -0.1) is 0 Å². The maximum absolute atomic E-state index is 11.8. The van der Waals surface area contributed by atoms with Gasteiger partial charge in [-0.3, -0.25) is 4.90 Å². The summed E-state index contributed by atoms with van der Waals surface area (Å²) < 4.78 is 7.78. The molecule has 5 heteroatoms. The Morgan fingerprint density at radius 2 is 1.79 bits per heavy atom. The average Bonchev–Trinajstić information content (AvgIpc) is 3.15. The Kier molecular flexibility index (Phi) is 4.91. The molecule has 3 atom stereocenters. The molecule has 5 nitrogen and oxygen atoms in total. The average molecular weight is 396 g/mol. The molecule has 3 aliphatic rings. The van der Waals surface area contributed by atoms with E-state index in [1.54, 1.807) is 7.11 Å². The third-order valence-corrected chi connectivity index (χ3v) is 7.63. The monoisotopic (exact) mass is 395 g/mol. The Labute approximate surface area is 173 Å². The predicted molar refractivity (Wildman–Crippen MR) is 113 cm³/mol. The lowest BCUT2D eigenvalue weighted by Crippen LogP contribution is -2.58. The number of imidazole rings is 1. The first-order valence-electron chi connectivity index (χ1n) is 11.2. The van der Waals surface area contributed by atoms with E-state index in [0.717, 1.165) is 44.0 Å². The van der Waals surface area contributed by atoms with Crippen LogP contribution in [0.25, 0.3) is 0 Å². The molecule has 2 bridgehead atoms. The fraction of sp³-hybridized carbons (Fsp3) is 0.625. The van der Waals surface area contributed by atoms with Crippen LogP contribution in [0, 0.1) is 11.8 Å². The highest BCUT2D eigenvalue weighted by Crippen LogP contribution is 2.49. The molecule has 1 unspecified atom stereocenters. The smallest absolute Gasteiger partial charge is 0.141 e. The first-order chi connectivity index (χ1) is 14.1. The van der Waals surface area contributed by atoms with Crippen LogP contribution in [0.2, 0.25) is 0 Å². The first kappa shape index (κ1) is 19.1. The van der Waals surface area contributed by atoms with Gasteiger partial charge in [0.15, 0.2) is 0 Å². The molecule has 1 saturated heterocycles. The van der Waals surface area contributed by atoms with E-state index in [2.05, 4.69) is 22.0 Å². The molecular formula is C24H33N3O2. The van der Waals surface area contributed by atoms with Crippen molar-refractivity contribution in [3.05, 3.63) is 47.0 Å². The Morgan fingerprint density at radius 1 is 1.10 bits per heavy atom. The number of methoxy groups -OCH3 is 1. The van der Waals surface area contributed by atoms with Gasteiger partial charge in [-0.1, -0.05) is 12.5 Å². The number of benzene rings is 1. The van der Waals surface area contributed by atoms with E-state index in [1.807, 2.05) is 24.0 Å². The molecule has 156 valence electrons. The molecule has 1 aliphatic heterocycles. The quantitative estimate of drug-likeness (QED) is 0.862. The van der Waals surface area contributed by atoms with Gasteiger partial charge < -0.3 is 14.4 Å². The van der Waals surface area contributed by atoms with E-state index in [9.17, 15) is 5.11 Å². The molecule has 2 aromatic rings. The zero-order chi connectivity index (χ0) is 20.0. The van der Waals surface area contributed by atoms with Gasteiger partial charge >= 0.3 is 0 Å². The molecule has 0 amide bonds. The van der Waals surface area contributed by atoms with Gasteiger partial charge in [-0.2, -0.15) is 0 Å². The highest BCUT2D eigenvalue weighted by atomic mass is 16.5. The molecule has 0 spiro atoms. The number of piperidine rings is 1. The van der Waals surface area contributed by atoms with Crippen LogP contribution in [0.15, 0.2) is 24.5 Å². The van der Waals surface area contributed by atoms with Crippen molar-refractivity contribution in [1.29, 1.82) is 0 Å². The van der Waals surface area contributed by atoms with E-state index in [0.29, 0.717) is 0 Å². The molecule has 1 N–H and O–H groups in total. The topological polar surface area (TPSA) is 50.5 Å². The molecule has 5 rings (SSSR count). The predicted octanol–water partition coefficient (Wildman–Crippen LogP) is 3.43. The lowest BCUT2D eigenvalue weighted by molar-refractivity contribution is -0.155. The minimum Gasteiger partial charge on any atom is -0.496 e. The van der Waals surface area contributed by atoms with Crippen LogP contribution in [0.4, 0.5) is 0 Å². The second kappa shape index (κ2) is 7.44. The molecule has 0 radical (unpaired) electrons. The summed E-state index contributed by atoms with van der Waals surface area (Å²) in [5.41, 5.74) is 3.48. The van der Waals surface area contributed by atoms with Crippen molar-refractivity contribution < 1.29 is 9.84 Å². The van der Waals surface area contributed by atoms with Gasteiger partial charge in [-0.05, 0) is 55.7 Å². The first-order valence-corrected chi connectivity index (χ1v) is 11.2. The fourth-order valence-corrected chi connectivity index (χ4v) is 6.16. The lowest BCUT2D eigenvalue weighted by atomic mass is 9.65. The Balaban J connectivity index is 1.40. The summed E-state index contributed by atoms with van der Waals surface area (Å²) in [7, 11) is 3.79. The molecule has 2 heterocycles. The van der Waals surface area contributed by atoms with E-state index in [1.165, 1.54) is 48.8 Å². The second-order valence-corrected chi connectivity index (χ2v) is 9.35. The standard InChI is InChI=1S/C24H33N3O2/c1-26-11-10-25-23(26)24(28)20-8-5-9-21(24)16-27(15-20)14-19-12-17-6-3-4-7-18(17)13-22(19)29-2/h10-13,20-21,28H,3-9,14-16H2,1-2H3/t20-,21+,24?. The van der Waals surface area contributed by atoms with Crippen molar-refractivity contribution >= 4 is 0 Å². The summed E-state index contributed by atoms with van der Waals surface area (Å²) in [6.07, 6.45) is 12.1. The Morgan fingerprint density at radius 3 is 2.41 bits per heavy atom. The minimum atomic E-state index is -0.799. The summed E-state index contributed by atoms with van der Waals surface area (Å²) in [4.78, 5) is 7.09. The Bertz CT molecular complexity index is 876. The fourth-order valence-electron chi connectivity index (χ4n) is 6.16. The van der Waals surface area contributed by atoms with E-state index >= 15 is 0 Å². The number of rotatable bonds is 4. The lowest BCUT2D eigenvalue weighted by Gasteiger charge is -2.52. The van der Waals surface area contributed by atoms with Crippen molar-refractivity contribution in [1.82, 2.24) is 14.5 Å². The van der Waals surface area contributed by atoms with Crippen LogP contribution in [-0.4, -0.2) is 39.8 Å². The molecule has 1 aromatic carbocycles. The molecule has 29 heavy (non-hydrogen) atoms. The number of ether oxygens (including phenoxy) is 1. The SMILES string of the molecule is COc1cc2c(cc1CN1C[C@H]3CCC[C@@H](C1)C3(O)c1nccn1C)CCCC2. The third kappa shape index (κ3) is 3.19. The van der Waals surface area contributed by atoms with Gasteiger partial charge in [0, 0.05) is 56.5 Å². The van der Waals surface area contributed by atoms with E-state index in [-0.39, 0.29) is 11.8 Å². The number of aryl methyl sites for hydroxylation is 3. The zero-order valence-corrected chi connectivity index (χ0v) is 17.7. The number of fused-ring (bicyclic) bond motifs is 3. The summed E-state index contributed by atoms with van der Waals surface area (Å²) in [6, 6.07) is 4.67. The highest BCUT2D eigenvalue weighted by Gasteiger charge is 2.53.